The van der Waals surface area contributed by atoms with Crippen molar-refractivity contribution < 1.29 is 4.79 Å². The average molecular weight is 267 g/mol. The maximum Gasteiger partial charge on any atom is 0.252 e. The third kappa shape index (κ3) is 2.26. The molecule has 0 spiro atoms. The van der Waals surface area contributed by atoms with Crippen LogP contribution >= 0.6 is 0 Å². The topological polar surface area (TPSA) is 74.8 Å². The Labute approximate surface area is 116 Å². The van der Waals surface area contributed by atoms with Gasteiger partial charge in [-0.3, -0.25) is 4.79 Å². The summed E-state index contributed by atoms with van der Waals surface area (Å²) in [6.07, 6.45) is 3.37. The van der Waals surface area contributed by atoms with Gasteiger partial charge < -0.3 is 4.90 Å². The second-order valence-electron chi connectivity index (χ2n) is 4.66. The molecule has 100 valence electrons. The number of nitriles is 1. The van der Waals surface area contributed by atoms with Crippen molar-refractivity contribution in [2.45, 2.75) is 19.4 Å². The lowest BCUT2D eigenvalue weighted by atomic mass is 10.0. The number of para-hydroxylation sites is 1. The maximum absolute atomic E-state index is 12.4. The second kappa shape index (κ2) is 5.13. The van der Waals surface area contributed by atoms with Crippen LogP contribution in [0.3, 0.4) is 0 Å². The molecule has 0 unspecified atom stereocenters. The number of nitrogens with zero attached hydrogens (tertiary/aromatic N) is 5. The van der Waals surface area contributed by atoms with E-state index in [-0.39, 0.29) is 18.3 Å². The quantitative estimate of drug-likeness (QED) is 0.817. The first kappa shape index (κ1) is 12.4. The molecule has 1 aliphatic rings. The van der Waals surface area contributed by atoms with Gasteiger partial charge in [-0.1, -0.05) is 18.2 Å². The van der Waals surface area contributed by atoms with E-state index in [2.05, 4.69) is 16.1 Å². The molecule has 0 saturated heterocycles. The summed E-state index contributed by atoms with van der Waals surface area (Å²) in [5.74, 6) is 0.0448. The number of anilines is 1. The standard InChI is InChI=1S/C14H13N5O/c15-8-13-16-10-18(17-13)9-14(20)19-7-3-5-11-4-1-2-6-12(11)19/h1-2,4,6,10H,3,5,7,9H2. The third-order valence-corrected chi connectivity index (χ3v) is 3.35. The molecule has 6 nitrogen and oxygen atoms in total. The van der Waals surface area contributed by atoms with Gasteiger partial charge in [0.15, 0.2) is 0 Å². The van der Waals surface area contributed by atoms with E-state index in [0.717, 1.165) is 25.1 Å². The molecule has 0 N–H and O–H groups in total. The SMILES string of the molecule is N#Cc1ncn(CC(=O)N2CCCc3ccccc32)n1. The van der Waals surface area contributed by atoms with Gasteiger partial charge in [0.1, 0.15) is 18.9 Å². The van der Waals surface area contributed by atoms with E-state index in [1.807, 2.05) is 24.3 Å². The first-order valence-corrected chi connectivity index (χ1v) is 6.46. The lowest BCUT2D eigenvalue weighted by Crippen LogP contribution is -2.37. The zero-order valence-corrected chi connectivity index (χ0v) is 10.9. The minimum atomic E-state index is -0.0356. The van der Waals surface area contributed by atoms with Crippen molar-refractivity contribution in [2.75, 3.05) is 11.4 Å². The highest BCUT2D eigenvalue weighted by molar-refractivity contribution is 5.94. The normalized spacial score (nSPS) is 13.7. The second-order valence-corrected chi connectivity index (χ2v) is 4.66. The Hall–Kier alpha value is -2.68. The minimum Gasteiger partial charge on any atom is -0.311 e. The van der Waals surface area contributed by atoms with Gasteiger partial charge in [0, 0.05) is 12.2 Å². The van der Waals surface area contributed by atoms with Crippen LogP contribution < -0.4 is 4.90 Å². The van der Waals surface area contributed by atoms with Gasteiger partial charge in [-0.2, -0.15) is 5.26 Å². The average Bonchev–Trinajstić information content (AvgIpc) is 2.94. The van der Waals surface area contributed by atoms with Crippen LogP contribution in [-0.2, 0) is 17.8 Å². The van der Waals surface area contributed by atoms with Gasteiger partial charge in [-0.05, 0) is 24.5 Å². The molecule has 0 radical (unpaired) electrons. The van der Waals surface area contributed by atoms with E-state index in [4.69, 9.17) is 5.26 Å². The van der Waals surface area contributed by atoms with Crippen molar-refractivity contribution in [3.8, 4) is 6.07 Å². The fourth-order valence-corrected chi connectivity index (χ4v) is 2.44. The summed E-state index contributed by atoms with van der Waals surface area (Å²) in [6, 6.07) is 9.80. The molecule has 0 fully saturated rings. The van der Waals surface area contributed by atoms with Crippen LogP contribution in [0, 0.1) is 11.3 Å². The third-order valence-electron chi connectivity index (χ3n) is 3.35. The number of rotatable bonds is 2. The summed E-state index contributed by atoms with van der Waals surface area (Å²) < 4.78 is 1.40. The van der Waals surface area contributed by atoms with E-state index >= 15 is 0 Å². The van der Waals surface area contributed by atoms with Gasteiger partial charge >= 0.3 is 0 Å². The number of aromatic nitrogens is 3. The van der Waals surface area contributed by atoms with Crippen LogP contribution in [0.4, 0.5) is 5.69 Å². The first-order chi connectivity index (χ1) is 9.78. The molecule has 0 aliphatic carbocycles. The molecule has 2 aromatic rings. The lowest BCUT2D eigenvalue weighted by molar-refractivity contribution is -0.119. The molecule has 1 aromatic heterocycles. The predicted molar refractivity (Wildman–Crippen MR) is 71.9 cm³/mol. The molecular formula is C14H13N5O. The Balaban J connectivity index is 1.80. The number of benzene rings is 1. The summed E-state index contributed by atoms with van der Waals surface area (Å²) in [5, 5.41) is 12.6. The van der Waals surface area contributed by atoms with Crippen LogP contribution in [-0.4, -0.2) is 27.2 Å². The van der Waals surface area contributed by atoms with Crippen LogP contribution in [0.25, 0.3) is 0 Å². The molecular weight excluding hydrogens is 254 g/mol. The Morgan fingerprint density at radius 3 is 3.05 bits per heavy atom. The van der Waals surface area contributed by atoms with Gasteiger partial charge in [0.25, 0.3) is 5.82 Å². The molecule has 2 heterocycles. The Kier molecular flexibility index (Phi) is 3.17. The van der Waals surface area contributed by atoms with Gasteiger partial charge in [-0.25, -0.2) is 9.67 Å². The van der Waals surface area contributed by atoms with Crippen molar-refractivity contribution in [3.05, 3.63) is 42.0 Å². The van der Waals surface area contributed by atoms with E-state index in [0.29, 0.717) is 0 Å². The summed E-state index contributed by atoms with van der Waals surface area (Å²) in [4.78, 5) is 18.0. The molecule has 0 saturated carbocycles. The molecule has 1 aliphatic heterocycles. The van der Waals surface area contributed by atoms with Gasteiger partial charge in [-0.15, -0.1) is 5.10 Å². The Morgan fingerprint density at radius 1 is 1.40 bits per heavy atom. The number of hydrogen-bond donors (Lipinski definition) is 0. The summed E-state index contributed by atoms with van der Waals surface area (Å²) in [7, 11) is 0. The molecule has 1 amide bonds. The van der Waals surface area contributed by atoms with Crippen molar-refractivity contribution in [1.29, 1.82) is 5.26 Å². The molecule has 3 rings (SSSR count). The Morgan fingerprint density at radius 2 is 2.25 bits per heavy atom. The van der Waals surface area contributed by atoms with E-state index in [1.165, 1.54) is 16.6 Å². The van der Waals surface area contributed by atoms with E-state index in [9.17, 15) is 4.79 Å². The zero-order chi connectivity index (χ0) is 13.9. The molecule has 1 aromatic carbocycles. The summed E-state index contributed by atoms with van der Waals surface area (Å²) in [6.45, 7) is 0.818. The molecule has 20 heavy (non-hydrogen) atoms. The number of aryl methyl sites for hydroxylation is 1. The molecule has 6 heteroatoms. The number of carbonyl (C=O) groups is 1. The van der Waals surface area contributed by atoms with Crippen molar-refractivity contribution in [2.24, 2.45) is 0 Å². The van der Waals surface area contributed by atoms with Gasteiger partial charge in [0.05, 0.1) is 0 Å². The highest BCUT2D eigenvalue weighted by Gasteiger charge is 2.22. The number of hydrogen-bond acceptors (Lipinski definition) is 4. The largest absolute Gasteiger partial charge is 0.311 e. The highest BCUT2D eigenvalue weighted by Crippen LogP contribution is 2.26. The number of amides is 1. The van der Waals surface area contributed by atoms with Crippen molar-refractivity contribution in [3.63, 3.8) is 0 Å². The smallest absolute Gasteiger partial charge is 0.252 e. The summed E-state index contributed by atoms with van der Waals surface area (Å²) >= 11 is 0. The fraction of sp³-hybridized carbons (Fsp3) is 0.286. The van der Waals surface area contributed by atoms with Crippen LogP contribution in [0.5, 0.6) is 0 Å². The zero-order valence-electron chi connectivity index (χ0n) is 10.9. The first-order valence-electron chi connectivity index (χ1n) is 6.46. The van der Waals surface area contributed by atoms with E-state index in [1.54, 1.807) is 4.90 Å². The summed E-state index contributed by atoms with van der Waals surface area (Å²) in [5.41, 5.74) is 2.17. The lowest BCUT2D eigenvalue weighted by Gasteiger charge is -2.29. The Bertz CT molecular complexity index is 685. The fourth-order valence-electron chi connectivity index (χ4n) is 2.44. The van der Waals surface area contributed by atoms with Crippen molar-refractivity contribution >= 4 is 11.6 Å². The van der Waals surface area contributed by atoms with Crippen LogP contribution in [0.2, 0.25) is 0 Å². The number of carbonyl (C=O) groups excluding carboxylic acids is 1. The van der Waals surface area contributed by atoms with Crippen molar-refractivity contribution in [1.82, 2.24) is 14.8 Å². The van der Waals surface area contributed by atoms with Gasteiger partial charge in [0.2, 0.25) is 5.91 Å². The molecule has 0 bridgehead atoms. The monoisotopic (exact) mass is 267 g/mol. The van der Waals surface area contributed by atoms with Crippen LogP contribution in [0.1, 0.15) is 17.8 Å². The van der Waals surface area contributed by atoms with Crippen LogP contribution in [0.15, 0.2) is 30.6 Å². The number of fused-ring (bicyclic) bond motifs is 1. The molecule has 0 atom stereocenters. The minimum absolute atomic E-state index is 0.0356. The maximum atomic E-state index is 12.4. The highest BCUT2D eigenvalue weighted by atomic mass is 16.2. The van der Waals surface area contributed by atoms with E-state index < -0.39 is 0 Å². The predicted octanol–water partition coefficient (Wildman–Crippen LogP) is 1.13.